The van der Waals surface area contributed by atoms with Crippen LogP contribution in [-0.4, -0.2) is 21.2 Å². The second-order valence-electron chi connectivity index (χ2n) is 3.24. The van der Waals surface area contributed by atoms with Gasteiger partial charge in [-0.1, -0.05) is 12.1 Å². The molecule has 76 valence electrons. The molecule has 0 aliphatic heterocycles. The van der Waals surface area contributed by atoms with Gasteiger partial charge < -0.3 is 5.11 Å². The molecule has 2 rings (SSSR count). The first-order valence-electron chi connectivity index (χ1n) is 4.49. The van der Waals surface area contributed by atoms with Crippen molar-refractivity contribution in [3.8, 4) is 16.9 Å². The molecule has 0 fully saturated rings. The van der Waals surface area contributed by atoms with E-state index in [0.29, 0.717) is 5.69 Å². The van der Waals surface area contributed by atoms with Crippen LogP contribution in [0.25, 0.3) is 11.1 Å². The maximum absolute atomic E-state index is 10.8. The summed E-state index contributed by atoms with van der Waals surface area (Å²) in [6, 6.07) is 6.74. The molecule has 1 aromatic heterocycles. The number of phenolic OH excluding ortho intramolecular Hbond substituents is 1. The van der Waals surface area contributed by atoms with Gasteiger partial charge in [-0.2, -0.15) is 5.10 Å². The molecule has 0 amide bonds. The van der Waals surface area contributed by atoms with Crippen molar-refractivity contribution in [3.05, 3.63) is 36.2 Å². The van der Waals surface area contributed by atoms with Crippen LogP contribution in [0.2, 0.25) is 0 Å². The van der Waals surface area contributed by atoms with E-state index >= 15 is 0 Å². The summed E-state index contributed by atoms with van der Waals surface area (Å²) in [5, 5.41) is 13.3. The molecule has 0 radical (unpaired) electrons. The maximum atomic E-state index is 10.8. The third-order valence-electron chi connectivity index (χ3n) is 2.25. The summed E-state index contributed by atoms with van der Waals surface area (Å²) in [7, 11) is 1.70. The molecule has 4 heteroatoms. The molecule has 1 N–H and O–H groups in total. The molecule has 1 heterocycles. The van der Waals surface area contributed by atoms with Crippen molar-refractivity contribution in [3.63, 3.8) is 0 Å². The van der Waals surface area contributed by atoms with E-state index in [1.165, 1.54) is 4.68 Å². The molecule has 1 aromatic carbocycles. The van der Waals surface area contributed by atoms with Crippen LogP contribution in [0.4, 0.5) is 0 Å². The highest BCUT2D eigenvalue weighted by Crippen LogP contribution is 2.24. The number of benzene rings is 1. The number of hydrogen-bond acceptors (Lipinski definition) is 3. The minimum absolute atomic E-state index is 0.174. The van der Waals surface area contributed by atoms with E-state index in [0.717, 1.165) is 17.4 Å². The Balaban J connectivity index is 2.58. The zero-order valence-corrected chi connectivity index (χ0v) is 8.21. The second-order valence-corrected chi connectivity index (χ2v) is 3.24. The number of aromatic hydroxyl groups is 1. The van der Waals surface area contributed by atoms with Crippen LogP contribution in [0.5, 0.6) is 5.75 Å². The van der Waals surface area contributed by atoms with E-state index in [2.05, 4.69) is 5.10 Å². The average Bonchev–Trinajstić information content (AvgIpc) is 2.59. The molecule has 0 saturated heterocycles. The number of nitrogens with zero attached hydrogens (tertiary/aromatic N) is 2. The average molecular weight is 202 g/mol. The SMILES string of the molecule is Cn1ncc(-c2cccc(O)c2)c1C=O. The summed E-state index contributed by atoms with van der Waals surface area (Å²) in [4.78, 5) is 10.8. The fraction of sp³-hybridized carbons (Fsp3) is 0.0909. The third-order valence-corrected chi connectivity index (χ3v) is 2.25. The van der Waals surface area contributed by atoms with E-state index in [4.69, 9.17) is 0 Å². The van der Waals surface area contributed by atoms with Crippen LogP contribution in [0.3, 0.4) is 0 Å². The Hall–Kier alpha value is -2.10. The van der Waals surface area contributed by atoms with Crippen molar-refractivity contribution in [2.45, 2.75) is 0 Å². The van der Waals surface area contributed by atoms with E-state index in [1.54, 1.807) is 31.4 Å². The van der Waals surface area contributed by atoms with Gasteiger partial charge in [-0.25, -0.2) is 0 Å². The Morgan fingerprint density at radius 1 is 1.47 bits per heavy atom. The maximum Gasteiger partial charge on any atom is 0.168 e. The Morgan fingerprint density at radius 3 is 2.93 bits per heavy atom. The molecule has 0 bridgehead atoms. The zero-order chi connectivity index (χ0) is 10.8. The predicted molar refractivity (Wildman–Crippen MR) is 55.7 cm³/mol. The second kappa shape index (κ2) is 3.57. The Kier molecular flexibility index (Phi) is 2.25. The van der Waals surface area contributed by atoms with E-state index in [-0.39, 0.29) is 5.75 Å². The van der Waals surface area contributed by atoms with Crippen LogP contribution in [-0.2, 0) is 7.05 Å². The monoisotopic (exact) mass is 202 g/mol. The molecule has 15 heavy (non-hydrogen) atoms. The molecule has 0 spiro atoms. The first-order chi connectivity index (χ1) is 7.22. The molecular weight excluding hydrogens is 192 g/mol. The molecule has 0 unspecified atom stereocenters. The molecule has 4 nitrogen and oxygen atoms in total. The fourth-order valence-electron chi connectivity index (χ4n) is 1.48. The summed E-state index contributed by atoms with van der Waals surface area (Å²) in [6.45, 7) is 0. The van der Waals surface area contributed by atoms with Crippen molar-refractivity contribution >= 4 is 6.29 Å². The Labute approximate surface area is 86.8 Å². The molecular formula is C11H10N2O2. The molecule has 2 aromatic rings. The van der Waals surface area contributed by atoms with E-state index < -0.39 is 0 Å². The van der Waals surface area contributed by atoms with Crippen LogP contribution < -0.4 is 0 Å². The van der Waals surface area contributed by atoms with Crippen LogP contribution >= 0.6 is 0 Å². The molecule has 0 aliphatic rings. The lowest BCUT2D eigenvalue weighted by molar-refractivity contribution is 0.111. The predicted octanol–water partition coefficient (Wildman–Crippen LogP) is 1.61. The van der Waals surface area contributed by atoms with Crippen molar-refractivity contribution in [2.24, 2.45) is 7.05 Å². The highest BCUT2D eigenvalue weighted by atomic mass is 16.3. The lowest BCUT2D eigenvalue weighted by atomic mass is 10.1. The van der Waals surface area contributed by atoms with Crippen molar-refractivity contribution in [1.29, 1.82) is 0 Å². The topological polar surface area (TPSA) is 55.1 Å². The first kappa shape index (κ1) is 9.45. The quantitative estimate of drug-likeness (QED) is 0.752. The summed E-state index contributed by atoms with van der Waals surface area (Å²) in [5.41, 5.74) is 2.01. The highest BCUT2D eigenvalue weighted by Gasteiger charge is 2.09. The summed E-state index contributed by atoms with van der Waals surface area (Å²) >= 11 is 0. The van der Waals surface area contributed by atoms with Crippen LogP contribution in [0, 0.1) is 0 Å². The number of phenols is 1. The highest BCUT2D eigenvalue weighted by molar-refractivity contribution is 5.85. The molecule has 0 aliphatic carbocycles. The van der Waals surface area contributed by atoms with E-state index in [9.17, 15) is 9.90 Å². The normalized spacial score (nSPS) is 10.2. The molecule has 0 saturated carbocycles. The van der Waals surface area contributed by atoms with Gasteiger partial charge in [0.05, 0.1) is 6.20 Å². The van der Waals surface area contributed by atoms with Crippen LogP contribution in [0.1, 0.15) is 10.5 Å². The number of aldehydes is 1. The third kappa shape index (κ3) is 1.61. The van der Waals surface area contributed by atoms with Gasteiger partial charge in [0.1, 0.15) is 11.4 Å². The number of aromatic nitrogens is 2. The summed E-state index contributed by atoms with van der Waals surface area (Å²) < 4.78 is 1.51. The van der Waals surface area contributed by atoms with Gasteiger partial charge in [0.15, 0.2) is 6.29 Å². The van der Waals surface area contributed by atoms with Gasteiger partial charge in [-0.05, 0) is 17.7 Å². The van der Waals surface area contributed by atoms with Gasteiger partial charge in [0.25, 0.3) is 0 Å². The number of aryl methyl sites for hydroxylation is 1. The van der Waals surface area contributed by atoms with Gasteiger partial charge in [0.2, 0.25) is 0 Å². The lowest BCUT2D eigenvalue weighted by Gasteiger charge is -2.00. The van der Waals surface area contributed by atoms with Gasteiger partial charge in [-0.15, -0.1) is 0 Å². The number of carbonyl (C=O) groups is 1. The number of rotatable bonds is 2. The number of hydrogen-bond donors (Lipinski definition) is 1. The van der Waals surface area contributed by atoms with Crippen molar-refractivity contribution < 1.29 is 9.90 Å². The minimum Gasteiger partial charge on any atom is -0.508 e. The zero-order valence-electron chi connectivity index (χ0n) is 8.21. The lowest BCUT2D eigenvalue weighted by Crippen LogP contribution is -1.96. The Morgan fingerprint density at radius 2 is 2.27 bits per heavy atom. The summed E-state index contributed by atoms with van der Waals surface area (Å²) in [5.74, 6) is 0.174. The number of carbonyl (C=O) groups excluding carboxylic acids is 1. The standard InChI is InChI=1S/C11H10N2O2/c1-13-11(7-14)10(6-12-13)8-3-2-4-9(15)5-8/h2-7,15H,1H3. The first-order valence-corrected chi connectivity index (χ1v) is 4.49. The largest absolute Gasteiger partial charge is 0.508 e. The smallest absolute Gasteiger partial charge is 0.168 e. The van der Waals surface area contributed by atoms with Crippen LogP contribution in [0.15, 0.2) is 30.5 Å². The Bertz CT molecular complexity index is 503. The van der Waals surface area contributed by atoms with Gasteiger partial charge in [-0.3, -0.25) is 9.48 Å². The molecule has 0 atom stereocenters. The van der Waals surface area contributed by atoms with Gasteiger partial charge in [0, 0.05) is 12.6 Å². The van der Waals surface area contributed by atoms with Gasteiger partial charge >= 0.3 is 0 Å². The van der Waals surface area contributed by atoms with Crippen molar-refractivity contribution in [2.75, 3.05) is 0 Å². The minimum atomic E-state index is 0.174. The van der Waals surface area contributed by atoms with E-state index in [1.807, 2.05) is 6.07 Å². The van der Waals surface area contributed by atoms with Crippen molar-refractivity contribution in [1.82, 2.24) is 9.78 Å². The summed E-state index contributed by atoms with van der Waals surface area (Å²) in [6.07, 6.45) is 2.37. The fourth-order valence-corrected chi connectivity index (χ4v) is 1.48.